The minimum absolute atomic E-state index is 0.00255. The first-order chi connectivity index (χ1) is 9.71. The molecule has 0 aromatic heterocycles. The van der Waals surface area contributed by atoms with Crippen molar-refractivity contribution in [3.63, 3.8) is 0 Å². The van der Waals surface area contributed by atoms with Crippen molar-refractivity contribution >= 4 is 0 Å². The summed E-state index contributed by atoms with van der Waals surface area (Å²) in [6.07, 6.45) is -9.33. The van der Waals surface area contributed by atoms with E-state index in [1.165, 1.54) is 24.3 Å². The van der Waals surface area contributed by atoms with E-state index in [9.17, 15) is 26.3 Å². The Labute approximate surface area is 116 Å². The second kappa shape index (κ2) is 4.26. The molecule has 1 aliphatic rings. The summed E-state index contributed by atoms with van der Waals surface area (Å²) in [5.74, 6) is -2.01. The molecule has 1 atom stereocenters. The summed E-state index contributed by atoms with van der Waals surface area (Å²) in [4.78, 5) is 0. The van der Waals surface area contributed by atoms with Crippen LogP contribution in [0.1, 0.15) is 22.6 Å². The van der Waals surface area contributed by atoms with Crippen LogP contribution in [-0.2, 0) is 6.18 Å². The Morgan fingerprint density at radius 2 is 1.33 bits per heavy atom. The SMILES string of the molecule is FC(F)(F)c1cccc2c1-c1ccccc1C2C(F)(F)F. The number of halogens is 6. The first kappa shape index (κ1) is 14.0. The van der Waals surface area contributed by atoms with Gasteiger partial charge in [-0.15, -0.1) is 0 Å². The van der Waals surface area contributed by atoms with E-state index in [2.05, 4.69) is 0 Å². The zero-order chi connectivity index (χ0) is 15.4. The molecule has 21 heavy (non-hydrogen) atoms. The van der Waals surface area contributed by atoms with Crippen LogP contribution in [0.25, 0.3) is 11.1 Å². The highest BCUT2D eigenvalue weighted by atomic mass is 19.4. The van der Waals surface area contributed by atoms with Crippen molar-refractivity contribution in [3.8, 4) is 11.1 Å². The normalized spacial score (nSPS) is 17.5. The molecule has 6 heteroatoms. The zero-order valence-electron chi connectivity index (χ0n) is 10.4. The van der Waals surface area contributed by atoms with E-state index in [0.29, 0.717) is 0 Å². The molecule has 0 aliphatic heterocycles. The molecule has 0 nitrogen and oxygen atoms in total. The predicted molar refractivity (Wildman–Crippen MR) is 64.8 cm³/mol. The quantitative estimate of drug-likeness (QED) is 0.573. The molecule has 1 aliphatic carbocycles. The molecule has 2 aromatic carbocycles. The van der Waals surface area contributed by atoms with E-state index in [0.717, 1.165) is 18.2 Å². The number of fused-ring (bicyclic) bond motifs is 3. The van der Waals surface area contributed by atoms with Crippen LogP contribution in [0.3, 0.4) is 0 Å². The third-order valence-corrected chi connectivity index (χ3v) is 3.58. The van der Waals surface area contributed by atoms with E-state index < -0.39 is 23.8 Å². The Kier molecular flexibility index (Phi) is 2.83. The topological polar surface area (TPSA) is 0 Å². The Morgan fingerprint density at radius 1 is 0.714 bits per heavy atom. The Balaban J connectivity index is 2.37. The summed E-state index contributed by atoms with van der Waals surface area (Å²) in [7, 11) is 0. The number of rotatable bonds is 0. The van der Waals surface area contributed by atoms with Gasteiger partial charge in [-0.05, 0) is 28.3 Å². The fourth-order valence-electron chi connectivity index (χ4n) is 2.84. The lowest BCUT2D eigenvalue weighted by Crippen LogP contribution is -2.20. The highest BCUT2D eigenvalue weighted by Gasteiger charge is 2.49. The van der Waals surface area contributed by atoms with Gasteiger partial charge in [-0.3, -0.25) is 0 Å². The fraction of sp³-hybridized carbons (Fsp3) is 0.200. The van der Waals surface area contributed by atoms with Crippen molar-refractivity contribution in [1.82, 2.24) is 0 Å². The van der Waals surface area contributed by atoms with Crippen LogP contribution >= 0.6 is 0 Å². The fourth-order valence-corrected chi connectivity index (χ4v) is 2.84. The lowest BCUT2D eigenvalue weighted by molar-refractivity contribution is -0.141. The van der Waals surface area contributed by atoms with Crippen LogP contribution in [0.2, 0.25) is 0 Å². The Hall–Kier alpha value is -1.98. The van der Waals surface area contributed by atoms with Crippen molar-refractivity contribution in [1.29, 1.82) is 0 Å². The van der Waals surface area contributed by atoms with Gasteiger partial charge in [-0.2, -0.15) is 26.3 Å². The number of hydrogen-bond donors (Lipinski definition) is 0. The summed E-state index contributed by atoms with van der Waals surface area (Å²) >= 11 is 0. The Morgan fingerprint density at radius 3 is 1.95 bits per heavy atom. The van der Waals surface area contributed by atoms with Gasteiger partial charge in [0, 0.05) is 0 Å². The minimum Gasteiger partial charge on any atom is -0.170 e. The highest BCUT2D eigenvalue weighted by molar-refractivity contribution is 5.82. The molecule has 0 fully saturated rings. The lowest BCUT2D eigenvalue weighted by atomic mass is 9.95. The van der Waals surface area contributed by atoms with Crippen molar-refractivity contribution in [2.45, 2.75) is 18.3 Å². The molecular weight excluding hydrogens is 294 g/mol. The molecule has 3 rings (SSSR count). The van der Waals surface area contributed by atoms with Gasteiger partial charge in [0.15, 0.2) is 0 Å². The van der Waals surface area contributed by atoms with Crippen LogP contribution in [0.4, 0.5) is 26.3 Å². The van der Waals surface area contributed by atoms with Gasteiger partial charge in [-0.1, -0.05) is 36.4 Å². The second-order valence-corrected chi connectivity index (χ2v) is 4.83. The van der Waals surface area contributed by atoms with Crippen molar-refractivity contribution < 1.29 is 26.3 Å². The molecule has 0 N–H and O–H groups in total. The summed E-state index contributed by atoms with van der Waals surface area (Å²) in [6.45, 7) is 0. The standard InChI is InChI=1S/C15H8F6/c16-14(17,18)11-7-3-6-10-12(11)8-4-1-2-5-9(8)13(10)15(19,20)21/h1-7,13H. The number of benzene rings is 2. The molecule has 0 heterocycles. The van der Waals surface area contributed by atoms with Gasteiger partial charge < -0.3 is 0 Å². The molecule has 0 radical (unpaired) electrons. The maximum Gasteiger partial charge on any atom is 0.417 e. The lowest BCUT2D eigenvalue weighted by Gasteiger charge is -2.18. The maximum absolute atomic E-state index is 13.3. The third-order valence-electron chi connectivity index (χ3n) is 3.58. The van der Waals surface area contributed by atoms with Gasteiger partial charge in [0.05, 0.1) is 5.56 Å². The second-order valence-electron chi connectivity index (χ2n) is 4.83. The van der Waals surface area contributed by atoms with Gasteiger partial charge in [-0.25, -0.2) is 0 Å². The van der Waals surface area contributed by atoms with E-state index >= 15 is 0 Å². The molecule has 0 bridgehead atoms. The van der Waals surface area contributed by atoms with Crippen molar-refractivity contribution in [2.75, 3.05) is 0 Å². The number of hydrogen-bond acceptors (Lipinski definition) is 0. The molecule has 110 valence electrons. The van der Waals surface area contributed by atoms with Gasteiger partial charge in [0.25, 0.3) is 0 Å². The monoisotopic (exact) mass is 302 g/mol. The molecule has 1 unspecified atom stereocenters. The maximum atomic E-state index is 13.3. The Bertz CT molecular complexity index is 696. The van der Waals surface area contributed by atoms with Crippen LogP contribution in [0.15, 0.2) is 42.5 Å². The first-order valence-electron chi connectivity index (χ1n) is 6.07. The number of alkyl halides is 6. The minimum atomic E-state index is -4.70. The average Bonchev–Trinajstić information content (AvgIpc) is 2.71. The van der Waals surface area contributed by atoms with Crippen molar-refractivity contribution in [2.24, 2.45) is 0 Å². The predicted octanol–water partition coefficient (Wildman–Crippen LogP) is 5.38. The molecule has 0 spiro atoms. The van der Waals surface area contributed by atoms with Crippen LogP contribution in [0.5, 0.6) is 0 Å². The van der Waals surface area contributed by atoms with Crippen molar-refractivity contribution in [3.05, 3.63) is 59.2 Å². The summed E-state index contributed by atoms with van der Waals surface area (Å²) in [5, 5.41) is 0. The molecule has 2 aromatic rings. The van der Waals surface area contributed by atoms with E-state index in [1.807, 2.05) is 0 Å². The highest BCUT2D eigenvalue weighted by Crippen LogP contribution is 2.54. The van der Waals surface area contributed by atoms with Crippen LogP contribution in [0, 0.1) is 0 Å². The van der Waals surface area contributed by atoms with E-state index in [1.54, 1.807) is 0 Å². The molecule has 0 saturated heterocycles. The summed E-state index contributed by atoms with van der Waals surface area (Å²) in [6, 6.07) is 8.32. The van der Waals surface area contributed by atoms with Crippen LogP contribution in [-0.4, -0.2) is 6.18 Å². The van der Waals surface area contributed by atoms with Gasteiger partial charge in [0.2, 0.25) is 0 Å². The molecule has 0 saturated carbocycles. The average molecular weight is 302 g/mol. The zero-order valence-corrected chi connectivity index (χ0v) is 10.4. The summed E-state index contributed by atoms with van der Waals surface area (Å²) in [5.41, 5.74) is -1.85. The van der Waals surface area contributed by atoms with Gasteiger partial charge >= 0.3 is 12.4 Å². The molecular formula is C15H8F6. The largest absolute Gasteiger partial charge is 0.417 e. The van der Waals surface area contributed by atoms with E-state index in [4.69, 9.17) is 0 Å². The summed E-state index contributed by atoms with van der Waals surface area (Å²) < 4.78 is 79.0. The third kappa shape index (κ3) is 2.09. The van der Waals surface area contributed by atoms with Crippen LogP contribution < -0.4 is 0 Å². The smallest absolute Gasteiger partial charge is 0.170 e. The molecule has 0 amide bonds. The van der Waals surface area contributed by atoms with E-state index in [-0.39, 0.29) is 22.3 Å². The first-order valence-corrected chi connectivity index (χ1v) is 6.07. The van der Waals surface area contributed by atoms with Gasteiger partial charge in [0.1, 0.15) is 5.92 Å².